The summed E-state index contributed by atoms with van der Waals surface area (Å²) in [5.74, 6) is 0.511. The smallest absolute Gasteiger partial charge is 0.244 e. The molecule has 1 aromatic carbocycles. The van der Waals surface area contributed by atoms with Crippen LogP contribution in [0.2, 0.25) is 0 Å². The third-order valence-corrected chi connectivity index (χ3v) is 6.29. The van der Waals surface area contributed by atoms with Crippen molar-refractivity contribution in [2.24, 2.45) is 5.92 Å². The Bertz CT molecular complexity index is 568. The molecule has 2 rings (SSSR count). The minimum Gasteiger partial charge on any atom is -0.399 e. The van der Waals surface area contributed by atoms with E-state index in [9.17, 15) is 8.42 Å². The fourth-order valence-corrected chi connectivity index (χ4v) is 4.66. The molecule has 0 bridgehead atoms. The molecule has 1 aliphatic carbocycles. The van der Waals surface area contributed by atoms with E-state index in [1.807, 2.05) is 13.8 Å². The maximum Gasteiger partial charge on any atom is 0.244 e. The number of nitrogens with zero attached hydrogens (tertiary/aromatic N) is 1. The van der Waals surface area contributed by atoms with Gasteiger partial charge < -0.3 is 5.73 Å². The monoisotopic (exact) mass is 346 g/mol. The van der Waals surface area contributed by atoms with Crippen LogP contribution in [-0.4, -0.2) is 25.3 Å². The molecule has 0 saturated heterocycles. The van der Waals surface area contributed by atoms with Crippen molar-refractivity contribution < 1.29 is 8.42 Å². The summed E-state index contributed by atoms with van der Waals surface area (Å²) in [5.41, 5.74) is 6.17. The van der Waals surface area contributed by atoms with E-state index < -0.39 is 10.0 Å². The lowest BCUT2D eigenvalue weighted by Gasteiger charge is -2.26. The van der Waals surface area contributed by atoms with Gasteiger partial charge in [0, 0.05) is 22.7 Å². The Kier molecular flexibility index (Phi) is 4.23. The van der Waals surface area contributed by atoms with Crippen molar-refractivity contribution in [2.45, 2.75) is 37.6 Å². The minimum absolute atomic E-state index is 0.0565. The number of benzene rings is 1. The molecule has 4 nitrogen and oxygen atoms in total. The number of hydrogen-bond acceptors (Lipinski definition) is 3. The zero-order valence-corrected chi connectivity index (χ0v) is 13.5. The molecule has 0 spiro atoms. The van der Waals surface area contributed by atoms with Gasteiger partial charge in [-0.2, -0.15) is 4.31 Å². The molecule has 0 heterocycles. The van der Waals surface area contributed by atoms with Crippen molar-refractivity contribution in [1.29, 1.82) is 0 Å². The molecular formula is C13H19BrN2O2S. The van der Waals surface area contributed by atoms with Crippen LogP contribution in [0.4, 0.5) is 5.69 Å². The number of sulfonamides is 1. The van der Waals surface area contributed by atoms with E-state index >= 15 is 0 Å². The maximum absolute atomic E-state index is 12.8. The van der Waals surface area contributed by atoms with Gasteiger partial charge in [0.05, 0.1) is 4.90 Å². The molecule has 0 atom stereocenters. The molecular weight excluding hydrogens is 328 g/mol. The number of nitrogen functional groups attached to an aromatic ring is 1. The zero-order valence-electron chi connectivity index (χ0n) is 11.1. The highest BCUT2D eigenvalue weighted by molar-refractivity contribution is 9.10. The Labute approximate surface area is 123 Å². The lowest BCUT2D eigenvalue weighted by Crippen LogP contribution is -2.38. The number of nitrogens with two attached hydrogens (primary N) is 1. The van der Waals surface area contributed by atoms with E-state index in [2.05, 4.69) is 15.9 Å². The van der Waals surface area contributed by atoms with Crippen LogP contribution in [0.3, 0.4) is 0 Å². The summed E-state index contributed by atoms with van der Waals surface area (Å²) < 4.78 is 27.6. The summed E-state index contributed by atoms with van der Waals surface area (Å²) >= 11 is 3.30. The van der Waals surface area contributed by atoms with Crippen molar-refractivity contribution >= 4 is 31.6 Å². The van der Waals surface area contributed by atoms with Gasteiger partial charge in [0.2, 0.25) is 10.0 Å². The fourth-order valence-electron chi connectivity index (χ4n) is 1.99. The number of hydrogen-bond donors (Lipinski definition) is 1. The van der Waals surface area contributed by atoms with Gasteiger partial charge in [0.15, 0.2) is 0 Å². The van der Waals surface area contributed by atoms with E-state index in [1.54, 1.807) is 16.4 Å². The SMILES string of the molecule is CC(C)N(CC1CC1)S(=O)(=O)c1cc(N)ccc1Br. The van der Waals surface area contributed by atoms with Crippen LogP contribution in [0.1, 0.15) is 26.7 Å². The Balaban J connectivity index is 2.40. The van der Waals surface area contributed by atoms with E-state index in [4.69, 9.17) is 5.73 Å². The molecule has 19 heavy (non-hydrogen) atoms. The van der Waals surface area contributed by atoms with Crippen LogP contribution in [0.5, 0.6) is 0 Å². The Hall–Kier alpha value is -0.590. The van der Waals surface area contributed by atoms with Crippen molar-refractivity contribution in [3.05, 3.63) is 22.7 Å². The predicted octanol–water partition coefficient (Wildman–Crippen LogP) is 2.84. The summed E-state index contributed by atoms with van der Waals surface area (Å²) in [6.07, 6.45) is 2.24. The van der Waals surface area contributed by atoms with Gasteiger partial charge in [0.1, 0.15) is 0 Å². The highest BCUT2D eigenvalue weighted by atomic mass is 79.9. The number of halogens is 1. The Morgan fingerprint density at radius 1 is 1.42 bits per heavy atom. The van der Waals surface area contributed by atoms with Gasteiger partial charge in [-0.3, -0.25) is 0 Å². The molecule has 1 saturated carbocycles. The van der Waals surface area contributed by atoms with E-state index in [0.717, 1.165) is 12.8 Å². The molecule has 1 aromatic rings. The molecule has 0 amide bonds. The van der Waals surface area contributed by atoms with Crippen LogP contribution < -0.4 is 5.73 Å². The van der Waals surface area contributed by atoms with Crippen molar-refractivity contribution in [3.8, 4) is 0 Å². The van der Waals surface area contributed by atoms with Gasteiger partial charge in [-0.25, -0.2) is 8.42 Å². The van der Waals surface area contributed by atoms with Crippen LogP contribution in [0, 0.1) is 5.92 Å². The molecule has 0 radical (unpaired) electrons. The zero-order chi connectivity index (χ0) is 14.2. The van der Waals surface area contributed by atoms with Gasteiger partial charge in [-0.05, 0) is 66.7 Å². The van der Waals surface area contributed by atoms with Crippen LogP contribution >= 0.6 is 15.9 Å². The quantitative estimate of drug-likeness (QED) is 0.833. The second kappa shape index (κ2) is 5.42. The Morgan fingerprint density at radius 3 is 2.58 bits per heavy atom. The molecule has 0 aliphatic heterocycles. The first kappa shape index (κ1) is 14.8. The summed E-state index contributed by atoms with van der Waals surface area (Å²) in [6.45, 7) is 4.40. The molecule has 1 fully saturated rings. The normalized spacial score (nSPS) is 16.3. The first-order valence-corrected chi connectivity index (χ1v) is 8.62. The molecule has 0 unspecified atom stereocenters. The van der Waals surface area contributed by atoms with Crippen molar-refractivity contribution in [3.63, 3.8) is 0 Å². The summed E-state index contributed by atoms with van der Waals surface area (Å²) in [4.78, 5) is 0.252. The largest absolute Gasteiger partial charge is 0.399 e. The van der Waals surface area contributed by atoms with E-state index in [0.29, 0.717) is 22.6 Å². The maximum atomic E-state index is 12.8. The topological polar surface area (TPSA) is 63.4 Å². The standard InChI is InChI=1S/C13H19BrN2O2S/c1-9(2)16(8-10-3-4-10)19(17,18)13-7-11(15)5-6-12(13)14/h5-7,9-10H,3-4,8,15H2,1-2H3. The lowest BCUT2D eigenvalue weighted by atomic mass is 10.3. The minimum atomic E-state index is -3.50. The van der Waals surface area contributed by atoms with E-state index in [1.165, 1.54) is 6.07 Å². The number of rotatable bonds is 5. The van der Waals surface area contributed by atoms with Crippen LogP contribution in [0.15, 0.2) is 27.6 Å². The Morgan fingerprint density at radius 2 is 2.05 bits per heavy atom. The lowest BCUT2D eigenvalue weighted by molar-refractivity contribution is 0.341. The first-order valence-electron chi connectivity index (χ1n) is 6.39. The van der Waals surface area contributed by atoms with Crippen LogP contribution in [0.25, 0.3) is 0 Å². The third kappa shape index (κ3) is 3.30. The fraction of sp³-hybridized carbons (Fsp3) is 0.538. The molecule has 1 aliphatic rings. The van der Waals surface area contributed by atoms with Gasteiger partial charge in [-0.15, -0.1) is 0 Å². The summed E-state index contributed by atoms with van der Waals surface area (Å²) in [7, 11) is -3.50. The van der Waals surface area contributed by atoms with E-state index in [-0.39, 0.29) is 10.9 Å². The first-order chi connectivity index (χ1) is 8.82. The average Bonchev–Trinajstić information content (AvgIpc) is 3.12. The third-order valence-electron chi connectivity index (χ3n) is 3.25. The van der Waals surface area contributed by atoms with Gasteiger partial charge in [-0.1, -0.05) is 0 Å². The molecule has 0 aromatic heterocycles. The highest BCUT2D eigenvalue weighted by Crippen LogP contribution is 2.34. The number of anilines is 1. The van der Waals surface area contributed by atoms with Gasteiger partial charge >= 0.3 is 0 Å². The second-order valence-corrected chi connectivity index (χ2v) is 8.02. The summed E-state index contributed by atoms with van der Waals surface area (Å²) in [6, 6.07) is 4.82. The van der Waals surface area contributed by atoms with Crippen LogP contribution in [-0.2, 0) is 10.0 Å². The average molecular weight is 347 g/mol. The summed E-state index contributed by atoms with van der Waals surface area (Å²) in [5, 5.41) is 0. The molecule has 2 N–H and O–H groups in total. The molecule has 106 valence electrons. The second-order valence-electron chi connectivity index (χ2n) is 5.30. The van der Waals surface area contributed by atoms with Gasteiger partial charge in [0.25, 0.3) is 0 Å². The predicted molar refractivity (Wildman–Crippen MR) is 80.3 cm³/mol. The highest BCUT2D eigenvalue weighted by Gasteiger charge is 2.34. The molecule has 6 heteroatoms. The van der Waals surface area contributed by atoms with Crippen molar-refractivity contribution in [2.75, 3.05) is 12.3 Å². The van der Waals surface area contributed by atoms with Crippen molar-refractivity contribution in [1.82, 2.24) is 4.31 Å².